The molecule has 3 unspecified atom stereocenters. The molecule has 0 aliphatic carbocycles. The Kier molecular flexibility index (Phi) is 7.59. The lowest BCUT2D eigenvalue weighted by atomic mass is 10.1. The molecule has 0 bridgehead atoms. The maximum Gasteiger partial charge on any atom is 0.309 e. The van der Waals surface area contributed by atoms with Gasteiger partial charge in [0, 0.05) is 0 Å². The van der Waals surface area contributed by atoms with E-state index < -0.39 is 0 Å². The Morgan fingerprint density at radius 3 is 1.88 bits per heavy atom. The van der Waals surface area contributed by atoms with Crippen molar-refractivity contribution in [2.75, 3.05) is 6.61 Å². The minimum Gasteiger partial charge on any atom is -0.462 e. The second kappa shape index (κ2) is 8.09. The second-order valence-electron chi connectivity index (χ2n) is 4.50. The summed E-state index contributed by atoms with van der Waals surface area (Å²) >= 11 is 0. The molecule has 0 saturated heterocycles. The molecule has 0 radical (unpaired) electrons. The third-order valence-electron chi connectivity index (χ3n) is 2.81. The summed E-state index contributed by atoms with van der Waals surface area (Å²) in [5, 5.41) is 0. The first-order valence-corrected chi connectivity index (χ1v) is 6.29. The lowest BCUT2D eigenvalue weighted by molar-refractivity contribution is -0.162. The van der Waals surface area contributed by atoms with Gasteiger partial charge in [-0.1, -0.05) is 27.7 Å². The predicted molar refractivity (Wildman–Crippen MR) is 65.4 cm³/mol. The molecule has 100 valence electrons. The van der Waals surface area contributed by atoms with Crippen LogP contribution in [0.4, 0.5) is 0 Å². The van der Waals surface area contributed by atoms with Crippen LogP contribution in [0.5, 0.6) is 0 Å². The van der Waals surface area contributed by atoms with Crippen LogP contribution >= 0.6 is 0 Å². The molecule has 0 fully saturated rings. The van der Waals surface area contributed by atoms with Crippen LogP contribution in [0.25, 0.3) is 0 Å². The van der Waals surface area contributed by atoms with Gasteiger partial charge in [0.15, 0.2) is 0 Å². The lowest BCUT2D eigenvalue weighted by Crippen LogP contribution is -2.26. The van der Waals surface area contributed by atoms with Gasteiger partial charge in [0.2, 0.25) is 0 Å². The molecule has 0 saturated carbocycles. The molecular formula is C13H24O4. The zero-order valence-corrected chi connectivity index (χ0v) is 11.5. The van der Waals surface area contributed by atoms with Gasteiger partial charge in [-0.25, -0.2) is 0 Å². The van der Waals surface area contributed by atoms with Crippen LogP contribution < -0.4 is 0 Å². The van der Waals surface area contributed by atoms with Crippen molar-refractivity contribution in [1.29, 1.82) is 0 Å². The SMILES string of the molecule is CCC(C)C(=O)OCC(C)OC(=O)C(C)CC. The lowest BCUT2D eigenvalue weighted by Gasteiger charge is -2.17. The Morgan fingerprint density at radius 2 is 1.41 bits per heavy atom. The molecule has 3 atom stereocenters. The first-order chi connectivity index (χ1) is 7.92. The molecule has 0 spiro atoms. The normalized spacial score (nSPS) is 15.8. The van der Waals surface area contributed by atoms with Gasteiger partial charge in [0.05, 0.1) is 11.8 Å². The van der Waals surface area contributed by atoms with Crippen molar-refractivity contribution in [1.82, 2.24) is 0 Å². The van der Waals surface area contributed by atoms with Gasteiger partial charge in [-0.2, -0.15) is 0 Å². The van der Waals surface area contributed by atoms with E-state index in [1.807, 2.05) is 27.7 Å². The average Bonchev–Trinajstić information content (AvgIpc) is 2.33. The van der Waals surface area contributed by atoms with Crippen LogP contribution in [0.3, 0.4) is 0 Å². The van der Waals surface area contributed by atoms with E-state index in [-0.39, 0.29) is 36.5 Å². The summed E-state index contributed by atoms with van der Waals surface area (Å²) in [6.45, 7) is 9.35. The highest BCUT2D eigenvalue weighted by molar-refractivity contribution is 5.72. The van der Waals surface area contributed by atoms with Crippen molar-refractivity contribution in [2.45, 2.75) is 53.6 Å². The molecule has 0 aromatic heterocycles. The maximum atomic E-state index is 11.5. The fraction of sp³-hybridized carbons (Fsp3) is 0.846. The molecule has 0 aromatic carbocycles. The number of hydrogen-bond acceptors (Lipinski definition) is 4. The average molecular weight is 244 g/mol. The standard InChI is InChI=1S/C13H24O4/c1-6-9(3)12(14)16-8-11(5)17-13(15)10(4)7-2/h9-11H,6-8H2,1-5H3. The van der Waals surface area contributed by atoms with E-state index in [0.717, 1.165) is 12.8 Å². The van der Waals surface area contributed by atoms with Crippen molar-refractivity contribution >= 4 is 11.9 Å². The number of carbonyl (C=O) groups is 2. The molecule has 0 heterocycles. The van der Waals surface area contributed by atoms with Crippen molar-refractivity contribution < 1.29 is 19.1 Å². The summed E-state index contributed by atoms with van der Waals surface area (Å²) in [7, 11) is 0. The van der Waals surface area contributed by atoms with E-state index in [4.69, 9.17) is 9.47 Å². The molecular weight excluding hydrogens is 220 g/mol. The van der Waals surface area contributed by atoms with E-state index in [9.17, 15) is 9.59 Å². The van der Waals surface area contributed by atoms with E-state index in [1.54, 1.807) is 6.92 Å². The summed E-state index contributed by atoms with van der Waals surface area (Å²) in [5.74, 6) is -0.686. The number of ether oxygens (including phenoxy) is 2. The summed E-state index contributed by atoms with van der Waals surface area (Å²) in [6, 6.07) is 0. The van der Waals surface area contributed by atoms with Crippen LogP contribution in [0, 0.1) is 11.8 Å². The van der Waals surface area contributed by atoms with Crippen LogP contribution in [0.2, 0.25) is 0 Å². The van der Waals surface area contributed by atoms with E-state index in [1.165, 1.54) is 0 Å². The summed E-state index contributed by atoms with van der Waals surface area (Å²) in [4.78, 5) is 22.8. The highest BCUT2D eigenvalue weighted by Crippen LogP contribution is 2.07. The van der Waals surface area contributed by atoms with Crippen LogP contribution in [-0.2, 0) is 19.1 Å². The molecule has 0 N–H and O–H groups in total. The molecule has 4 heteroatoms. The Balaban J connectivity index is 3.91. The van der Waals surface area contributed by atoms with Crippen LogP contribution in [-0.4, -0.2) is 24.6 Å². The van der Waals surface area contributed by atoms with E-state index in [2.05, 4.69) is 0 Å². The Labute approximate surface area is 104 Å². The Bertz CT molecular complexity index is 250. The fourth-order valence-electron chi connectivity index (χ4n) is 1.02. The first-order valence-electron chi connectivity index (χ1n) is 6.29. The van der Waals surface area contributed by atoms with Gasteiger partial charge in [-0.15, -0.1) is 0 Å². The smallest absolute Gasteiger partial charge is 0.309 e. The molecule has 4 nitrogen and oxygen atoms in total. The highest BCUT2D eigenvalue weighted by atomic mass is 16.6. The minimum atomic E-state index is -0.385. The number of rotatable bonds is 7. The third kappa shape index (κ3) is 6.29. The Hall–Kier alpha value is -1.06. The summed E-state index contributed by atoms with van der Waals surface area (Å²) < 4.78 is 10.2. The third-order valence-corrected chi connectivity index (χ3v) is 2.81. The first kappa shape index (κ1) is 15.9. The van der Waals surface area contributed by atoms with Crippen molar-refractivity contribution in [2.24, 2.45) is 11.8 Å². The molecule has 0 aliphatic heterocycles. The maximum absolute atomic E-state index is 11.5. The minimum absolute atomic E-state index is 0.104. The van der Waals surface area contributed by atoms with Gasteiger partial charge >= 0.3 is 11.9 Å². The van der Waals surface area contributed by atoms with Gasteiger partial charge in [-0.05, 0) is 19.8 Å². The number of esters is 2. The van der Waals surface area contributed by atoms with Gasteiger partial charge in [0.25, 0.3) is 0 Å². The van der Waals surface area contributed by atoms with E-state index >= 15 is 0 Å². The molecule has 0 rings (SSSR count). The highest BCUT2D eigenvalue weighted by Gasteiger charge is 2.18. The van der Waals surface area contributed by atoms with Crippen LogP contribution in [0.15, 0.2) is 0 Å². The van der Waals surface area contributed by atoms with Gasteiger partial charge in [-0.3, -0.25) is 9.59 Å². The topological polar surface area (TPSA) is 52.6 Å². The number of hydrogen-bond donors (Lipinski definition) is 0. The summed E-state index contributed by atoms with van der Waals surface area (Å²) in [6.07, 6.45) is 1.11. The van der Waals surface area contributed by atoms with Crippen molar-refractivity contribution in [3.63, 3.8) is 0 Å². The van der Waals surface area contributed by atoms with E-state index in [0.29, 0.717) is 0 Å². The fourth-order valence-corrected chi connectivity index (χ4v) is 1.02. The zero-order chi connectivity index (χ0) is 13.4. The quantitative estimate of drug-likeness (QED) is 0.646. The Morgan fingerprint density at radius 1 is 0.941 bits per heavy atom. The zero-order valence-electron chi connectivity index (χ0n) is 11.5. The van der Waals surface area contributed by atoms with Gasteiger partial charge < -0.3 is 9.47 Å². The molecule has 0 amide bonds. The predicted octanol–water partition coefficient (Wildman–Crippen LogP) is 2.55. The molecule has 17 heavy (non-hydrogen) atoms. The molecule has 0 aliphatic rings. The number of carbonyl (C=O) groups excluding carboxylic acids is 2. The van der Waals surface area contributed by atoms with Crippen molar-refractivity contribution in [3.8, 4) is 0 Å². The molecule has 0 aromatic rings. The van der Waals surface area contributed by atoms with Gasteiger partial charge in [0.1, 0.15) is 12.7 Å². The summed E-state index contributed by atoms with van der Waals surface area (Å²) in [5.41, 5.74) is 0. The van der Waals surface area contributed by atoms with Crippen LogP contribution in [0.1, 0.15) is 47.5 Å². The second-order valence-corrected chi connectivity index (χ2v) is 4.50. The van der Waals surface area contributed by atoms with Crippen molar-refractivity contribution in [3.05, 3.63) is 0 Å². The largest absolute Gasteiger partial charge is 0.462 e. The monoisotopic (exact) mass is 244 g/mol.